The molecule has 0 saturated heterocycles. The molecule has 0 fully saturated rings. The van der Waals surface area contributed by atoms with Gasteiger partial charge in [-0.05, 0) is 48.9 Å². The summed E-state index contributed by atoms with van der Waals surface area (Å²) in [5, 5.41) is 0. The first-order chi connectivity index (χ1) is 17.0. The maximum Gasteiger partial charge on any atom is 0.511 e. The van der Waals surface area contributed by atoms with Crippen LogP contribution in [0, 0.1) is 5.82 Å². The zero-order chi connectivity index (χ0) is 27.8. The van der Waals surface area contributed by atoms with Crippen molar-refractivity contribution < 1.29 is 47.6 Å². The first-order valence-electron chi connectivity index (χ1n) is 10.1. The fraction of sp³-hybridized carbons (Fsp3) is 0.182. The van der Waals surface area contributed by atoms with Crippen molar-refractivity contribution in [3.63, 3.8) is 0 Å². The molecule has 0 unspecified atom stereocenters. The lowest BCUT2D eigenvalue weighted by molar-refractivity contribution is -0.0450. The van der Waals surface area contributed by atoms with E-state index in [1.165, 1.54) is 30.0 Å². The third-order valence-corrected chi connectivity index (χ3v) is 10.2. The Balaban J connectivity index is 2.08. The number of ether oxygens (including phenoxy) is 1. The summed E-state index contributed by atoms with van der Waals surface area (Å²) in [6.45, 7) is 1.12. The summed E-state index contributed by atoms with van der Waals surface area (Å²) in [5.41, 5.74) is -5.54. The molecule has 15 heteroatoms. The van der Waals surface area contributed by atoms with Gasteiger partial charge in [-0.25, -0.2) is 34.4 Å². The Hall–Kier alpha value is -3.01. The van der Waals surface area contributed by atoms with Crippen LogP contribution in [-0.2, 0) is 29.7 Å². The van der Waals surface area contributed by atoms with E-state index in [9.17, 15) is 42.8 Å². The van der Waals surface area contributed by atoms with Crippen LogP contribution in [-0.4, -0.2) is 37.9 Å². The van der Waals surface area contributed by atoms with E-state index in [4.69, 9.17) is 4.74 Å². The standard InChI is InChI=1S/C22H19F4NO7S3/c1-14(27-37(32,33)22(24,25)26)15-7-10-17(11-8-15)35(28,29)20-12-9-16(34-2)13-21(20)36(30,31)19-6-4-3-5-18(19)23/h3-14,27H,1-2H3/t14-/m0/s1. The van der Waals surface area contributed by atoms with Gasteiger partial charge >= 0.3 is 15.5 Å². The maximum absolute atomic E-state index is 14.3. The third-order valence-electron chi connectivity index (χ3n) is 5.18. The van der Waals surface area contributed by atoms with Crippen LogP contribution < -0.4 is 9.46 Å². The molecule has 0 aliphatic carbocycles. The van der Waals surface area contributed by atoms with Crippen LogP contribution in [0.3, 0.4) is 0 Å². The van der Waals surface area contributed by atoms with Crippen LogP contribution in [0.25, 0.3) is 0 Å². The third kappa shape index (κ3) is 5.63. The van der Waals surface area contributed by atoms with Crippen LogP contribution in [0.1, 0.15) is 18.5 Å². The number of nitrogens with one attached hydrogen (secondary N) is 1. The van der Waals surface area contributed by atoms with Gasteiger partial charge < -0.3 is 4.74 Å². The SMILES string of the molecule is COc1ccc(S(=O)(=O)c2ccc([C@H](C)NS(=O)(=O)C(F)(F)F)cc2)c(S(=O)(=O)c2ccccc2F)c1. The number of sulfonamides is 1. The Morgan fingerprint density at radius 3 is 1.92 bits per heavy atom. The van der Waals surface area contributed by atoms with Gasteiger partial charge in [0.2, 0.25) is 19.7 Å². The van der Waals surface area contributed by atoms with Gasteiger partial charge in [-0.2, -0.15) is 13.2 Å². The van der Waals surface area contributed by atoms with Crippen molar-refractivity contribution in [1.82, 2.24) is 4.72 Å². The molecule has 3 aromatic carbocycles. The Morgan fingerprint density at radius 2 is 1.38 bits per heavy atom. The molecule has 0 bridgehead atoms. The van der Waals surface area contributed by atoms with E-state index in [1.807, 2.05) is 0 Å². The van der Waals surface area contributed by atoms with E-state index in [1.54, 1.807) is 0 Å². The lowest BCUT2D eigenvalue weighted by Gasteiger charge is -2.17. The molecule has 1 N–H and O–H groups in total. The smallest absolute Gasteiger partial charge is 0.497 e. The Labute approximate surface area is 210 Å². The highest BCUT2D eigenvalue weighted by molar-refractivity contribution is 7.94. The highest BCUT2D eigenvalue weighted by Gasteiger charge is 2.46. The number of hydrogen-bond acceptors (Lipinski definition) is 7. The number of rotatable bonds is 8. The number of benzene rings is 3. The molecule has 0 aromatic heterocycles. The number of hydrogen-bond donors (Lipinski definition) is 1. The van der Waals surface area contributed by atoms with Crippen molar-refractivity contribution in [3.05, 3.63) is 78.1 Å². The molecule has 37 heavy (non-hydrogen) atoms. The largest absolute Gasteiger partial charge is 0.511 e. The number of sulfone groups is 2. The second kappa shape index (κ2) is 10.0. The molecule has 0 spiro atoms. The van der Waals surface area contributed by atoms with E-state index in [0.29, 0.717) is 0 Å². The quantitative estimate of drug-likeness (QED) is 0.399. The monoisotopic (exact) mass is 581 g/mol. The van der Waals surface area contributed by atoms with Crippen LogP contribution in [0.4, 0.5) is 17.6 Å². The van der Waals surface area contributed by atoms with E-state index < -0.39 is 66.6 Å². The topological polar surface area (TPSA) is 124 Å². The zero-order valence-electron chi connectivity index (χ0n) is 19.0. The van der Waals surface area contributed by atoms with E-state index in [0.717, 1.165) is 55.5 Å². The molecule has 3 aromatic rings. The number of halogens is 4. The van der Waals surface area contributed by atoms with Crippen LogP contribution in [0.2, 0.25) is 0 Å². The van der Waals surface area contributed by atoms with E-state index in [2.05, 4.69) is 0 Å². The van der Waals surface area contributed by atoms with Gasteiger partial charge in [-0.3, -0.25) is 0 Å². The molecule has 1 atom stereocenters. The average molecular weight is 582 g/mol. The van der Waals surface area contributed by atoms with Gasteiger partial charge in [0, 0.05) is 12.1 Å². The Morgan fingerprint density at radius 1 is 0.784 bits per heavy atom. The van der Waals surface area contributed by atoms with E-state index >= 15 is 0 Å². The molecule has 0 amide bonds. The van der Waals surface area contributed by atoms with Crippen molar-refractivity contribution >= 4 is 29.7 Å². The molecule has 200 valence electrons. The highest BCUT2D eigenvalue weighted by Crippen LogP contribution is 2.35. The summed E-state index contributed by atoms with van der Waals surface area (Å²) in [4.78, 5) is -2.67. The summed E-state index contributed by atoms with van der Waals surface area (Å²) in [6, 6.07) is 10.2. The second-order valence-electron chi connectivity index (χ2n) is 7.61. The van der Waals surface area contributed by atoms with Crippen molar-refractivity contribution in [2.75, 3.05) is 7.11 Å². The van der Waals surface area contributed by atoms with E-state index in [-0.39, 0.29) is 11.3 Å². The van der Waals surface area contributed by atoms with Crippen molar-refractivity contribution in [2.24, 2.45) is 0 Å². The summed E-state index contributed by atoms with van der Waals surface area (Å²) < 4.78 is 135. The summed E-state index contributed by atoms with van der Waals surface area (Å²) in [5.74, 6) is -1.12. The minimum atomic E-state index is -5.66. The fourth-order valence-corrected chi connectivity index (χ4v) is 7.40. The Bertz CT molecular complexity index is 1640. The predicted molar refractivity (Wildman–Crippen MR) is 123 cm³/mol. The van der Waals surface area contributed by atoms with Crippen LogP contribution in [0.15, 0.2) is 86.3 Å². The van der Waals surface area contributed by atoms with Gasteiger partial charge in [0.15, 0.2) is 0 Å². The normalized spacial score (nSPS) is 13.8. The van der Waals surface area contributed by atoms with Crippen molar-refractivity contribution in [1.29, 1.82) is 0 Å². The first kappa shape index (κ1) is 28.6. The number of alkyl halides is 3. The average Bonchev–Trinajstić information content (AvgIpc) is 2.82. The number of methoxy groups -OCH3 is 1. The lowest BCUT2D eigenvalue weighted by Crippen LogP contribution is -2.37. The molecule has 0 heterocycles. The predicted octanol–water partition coefficient (Wildman–Crippen LogP) is 4.00. The second-order valence-corrected chi connectivity index (χ2v) is 13.1. The molecule has 3 rings (SSSR count). The molecule has 0 aliphatic rings. The van der Waals surface area contributed by atoms with Gasteiger partial charge in [0.25, 0.3) is 0 Å². The molecular formula is C22H19F4NO7S3. The van der Waals surface area contributed by atoms with Crippen molar-refractivity contribution in [3.8, 4) is 5.75 Å². The van der Waals surface area contributed by atoms with Crippen LogP contribution >= 0.6 is 0 Å². The van der Waals surface area contributed by atoms with Crippen molar-refractivity contribution in [2.45, 2.75) is 38.1 Å². The van der Waals surface area contributed by atoms with Crippen LogP contribution in [0.5, 0.6) is 5.75 Å². The minimum absolute atomic E-state index is 0.000655. The molecular weight excluding hydrogens is 562 g/mol. The van der Waals surface area contributed by atoms with Gasteiger partial charge in [-0.1, -0.05) is 24.3 Å². The first-order valence-corrected chi connectivity index (χ1v) is 14.6. The molecule has 0 saturated carbocycles. The maximum atomic E-state index is 14.3. The molecule has 0 aliphatic heterocycles. The summed E-state index contributed by atoms with van der Waals surface area (Å²) in [7, 11) is -13.7. The molecule has 8 nitrogen and oxygen atoms in total. The fourth-order valence-electron chi connectivity index (χ4n) is 3.26. The summed E-state index contributed by atoms with van der Waals surface area (Å²) >= 11 is 0. The van der Waals surface area contributed by atoms with Gasteiger partial charge in [0.05, 0.1) is 21.8 Å². The summed E-state index contributed by atoms with van der Waals surface area (Å²) in [6.07, 6.45) is 0. The molecule has 0 radical (unpaired) electrons. The minimum Gasteiger partial charge on any atom is -0.497 e. The Kier molecular flexibility index (Phi) is 7.75. The van der Waals surface area contributed by atoms with Gasteiger partial charge in [-0.15, -0.1) is 0 Å². The lowest BCUT2D eigenvalue weighted by atomic mass is 10.1. The zero-order valence-corrected chi connectivity index (χ0v) is 21.5. The van der Waals surface area contributed by atoms with Gasteiger partial charge in [0.1, 0.15) is 16.5 Å². The highest BCUT2D eigenvalue weighted by atomic mass is 32.2.